The van der Waals surface area contributed by atoms with Crippen LogP contribution in [0.4, 0.5) is 5.69 Å². The Bertz CT molecular complexity index is 1490. The van der Waals surface area contributed by atoms with Crippen LogP contribution in [0.1, 0.15) is 67.8 Å². The molecule has 40 heavy (non-hydrogen) atoms. The van der Waals surface area contributed by atoms with Gasteiger partial charge in [0, 0.05) is 42.1 Å². The Labute approximate surface area is 234 Å². The maximum Gasteiger partial charge on any atom is 0.261 e. The number of amides is 1. The fourth-order valence-electron chi connectivity index (χ4n) is 6.39. The van der Waals surface area contributed by atoms with E-state index in [4.69, 9.17) is 9.84 Å². The minimum absolute atomic E-state index is 0.257. The number of anilines is 1. The van der Waals surface area contributed by atoms with Crippen molar-refractivity contribution in [3.8, 4) is 5.75 Å². The molecule has 0 atom stereocenters. The number of hydrogen-bond donors (Lipinski definition) is 2. The molecule has 1 saturated heterocycles. The molecule has 2 saturated carbocycles. The highest BCUT2D eigenvalue weighted by Gasteiger charge is 2.30. The number of ether oxygens (including phenoxy) is 1. The molecule has 0 unspecified atom stereocenters. The smallest absolute Gasteiger partial charge is 0.261 e. The maximum atomic E-state index is 13.3. The van der Waals surface area contributed by atoms with Gasteiger partial charge in [-0.25, -0.2) is 9.50 Å². The Morgan fingerprint density at radius 3 is 2.70 bits per heavy atom. The molecule has 1 aliphatic heterocycles. The van der Waals surface area contributed by atoms with Gasteiger partial charge in [-0.1, -0.05) is 0 Å². The topological polar surface area (TPSA) is 102 Å². The number of carbonyl (C=O) groups is 1. The zero-order chi connectivity index (χ0) is 27.1. The predicted octanol–water partition coefficient (Wildman–Crippen LogP) is 4.29. The number of carbonyl (C=O) groups excluding carboxylic acids is 1. The van der Waals surface area contributed by atoms with Crippen molar-refractivity contribution in [2.75, 3.05) is 32.1 Å². The van der Waals surface area contributed by atoms with Gasteiger partial charge in [-0.3, -0.25) is 9.48 Å². The van der Waals surface area contributed by atoms with E-state index >= 15 is 0 Å². The minimum Gasteiger partial charge on any atom is -0.491 e. The molecule has 2 N–H and O–H groups in total. The van der Waals surface area contributed by atoms with Crippen LogP contribution in [0, 0.1) is 5.92 Å². The summed E-state index contributed by atoms with van der Waals surface area (Å²) < 4.78 is 9.97. The number of aromatic nitrogens is 5. The van der Waals surface area contributed by atoms with E-state index in [1.54, 1.807) is 29.2 Å². The highest BCUT2D eigenvalue weighted by atomic mass is 16.5. The number of fused-ring (bicyclic) bond motifs is 2. The van der Waals surface area contributed by atoms with Crippen LogP contribution in [0.3, 0.4) is 0 Å². The summed E-state index contributed by atoms with van der Waals surface area (Å²) in [7, 11) is 2.32. The van der Waals surface area contributed by atoms with Crippen LogP contribution < -0.4 is 15.4 Å². The summed E-state index contributed by atoms with van der Waals surface area (Å²) >= 11 is 0. The third-order valence-corrected chi connectivity index (χ3v) is 9.07. The molecule has 0 spiro atoms. The molecule has 210 valence electrons. The van der Waals surface area contributed by atoms with Gasteiger partial charge in [-0.15, -0.1) is 0 Å². The first-order valence-corrected chi connectivity index (χ1v) is 14.8. The lowest BCUT2D eigenvalue weighted by Gasteiger charge is -2.40. The monoisotopic (exact) mass is 542 g/mol. The van der Waals surface area contributed by atoms with Gasteiger partial charge in [0.1, 0.15) is 11.3 Å². The third-order valence-electron chi connectivity index (χ3n) is 9.07. The van der Waals surface area contributed by atoms with Crippen LogP contribution in [0.15, 0.2) is 43.0 Å². The lowest BCUT2D eigenvalue weighted by molar-refractivity contribution is 0.101. The Morgan fingerprint density at radius 1 is 1.10 bits per heavy atom. The first-order valence-electron chi connectivity index (χ1n) is 14.8. The van der Waals surface area contributed by atoms with E-state index in [0.717, 1.165) is 36.8 Å². The summed E-state index contributed by atoms with van der Waals surface area (Å²) in [6.07, 6.45) is 16.7. The Morgan fingerprint density at radius 2 is 1.90 bits per heavy atom. The fourth-order valence-corrected chi connectivity index (χ4v) is 6.39. The highest BCUT2D eigenvalue weighted by molar-refractivity contribution is 6.09. The molecular formula is C30H38N8O2. The van der Waals surface area contributed by atoms with Gasteiger partial charge in [-0.05, 0) is 89.6 Å². The van der Waals surface area contributed by atoms with Crippen molar-refractivity contribution in [2.45, 2.75) is 69.5 Å². The second kappa shape index (κ2) is 10.8. The van der Waals surface area contributed by atoms with Crippen LogP contribution in [0.5, 0.6) is 5.75 Å². The fraction of sp³-hybridized carbons (Fsp3) is 0.533. The van der Waals surface area contributed by atoms with E-state index in [9.17, 15) is 4.79 Å². The average Bonchev–Trinajstić information content (AvgIpc) is 3.58. The molecule has 3 aliphatic rings. The summed E-state index contributed by atoms with van der Waals surface area (Å²) in [5, 5.41) is 16.8. The quantitative estimate of drug-likeness (QED) is 0.343. The van der Waals surface area contributed by atoms with Gasteiger partial charge >= 0.3 is 0 Å². The van der Waals surface area contributed by atoms with Gasteiger partial charge < -0.3 is 20.3 Å². The van der Waals surface area contributed by atoms with Gasteiger partial charge in [0.2, 0.25) is 0 Å². The maximum absolute atomic E-state index is 13.3. The lowest BCUT2D eigenvalue weighted by atomic mass is 9.89. The van der Waals surface area contributed by atoms with Crippen molar-refractivity contribution >= 4 is 28.1 Å². The molecule has 1 aromatic carbocycles. The van der Waals surface area contributed by atoms with Crippen LogP contribution in [0.25, 0.3) is 16.6 Å². The summed E-state index contributed by atoms with van der Waals surface area (Å²) in [6.45, 7) is 2.92. The standard InChI is InChI=1S/C30H38N8O2/c1-36(23-9-12-31-13-10-23)22-5-7-24(8-6-22)38-18-21-15-27(28(16-26(21)35-38)40-19-20-3-4-20)34-30(39)25-17-33-37-14-2-11-32-29(25)37/h2,11,14-18,20,22-24,31H,3-10,12-13,19H2,1H3,(H,34,39). The highest BCUT2D eigenvalue weighted by Crippen LogP contribution is 2.37. The average molecular weight is 543 g/mol. The number of nitrogens with zero attached hydrogens (tertiary/aromatic N) is 6. The van der Waals surface area contributed by atoms with Crippen LogP contribution >= 0.6 is 0 Å². The van der Waals surface area contributed by atoms with Gasteiger partial charge in [0.15, 0.2) is 5.65 Å². The molecule has 1 amide bonds. The largest absolute Gasteiger partial charge is 0.491 e. The molecule has 7 rings (SSSR count). The minimum atomic E-state index is -0.257. The Balaban J connectivity index is 1.09. The number of benzene rings is 1. The van der Waals surface area contributed by atoms with E-state index in [2.05, 4.69) is 43.5 Å². The second-order valence-corrected chi connectivity index (χ2v) is 11.8. The SMILES string of the molecule is CN(C1CCNCC1)C1CCC(n2cc3cc(NC(=O)c4cnn5cccnc45)c(OCC4CC4)cc3n2)CC1. The van der Waals surface area contributed by atoms with Crippen molar-refractivity contribution in [3.05, 3.63) is 48.5 Å². The second-order valence-electron chi connectivity index (χ2n) is 11.8. The van der Waals surface area contributed by atoms with Gasteiger partial charge in [-0.2, -0.15) is 10.2 Å². The number of piperidine rings is 1. The van der Waals surface area contributed by atoms with Crippen molar-refractivity contribution in [2.24, 2.45) is 5.92 Å². The Kier molecular flexibility index (Phi) is 6.89. The van der Waals surface area contributed by atoms with Gasteiger partial charge in [0.25, 0.3) is 5.91 Å². The Hall–Kier alpha value is -3.50. The summed E-state index contributed by atoms with van der Waals surface area (Å²) in [5.41, 5.74) is 2.50. The molecule has 0 bridgehead atoms. The summed E-state index contributed by atoms with van der Waals surface area (Å²) in [5.74, 6) is 1.00. The van der Waals surface area contributed by atoms with Crippen LogP contribution in [-0.2, 0) is 0 Å². The molecule has 2 aliphatic carbocycles. The summed E-state index contributed by atoms with van der Waals surface area (Å²) in [6, 6.07) is 7.51. The van der Waals surface area contributed by atoms with E-state index < -0.39 is 0 Å². The van der Waals surface area contributed by atoms with Crippen molar-refractivity contribution in [1.29, 1.82) is 0 Å². The first kappa shape index (κ1) is 25.5. The first-order chi connectivity index (χ1) is 19.6. The molecule has 3 aromatic heterocycles. The molecule has 4 aromatic rings. The molecule has 0 radical (unpaired) electrons. The number of nitrogens with one attached hydrogen (secondary N) is 2. The van der Waals surface area contributed by atoms with Crippen LogP contribution in [-0.4, -0.2) is 74.0 Å². The number of rotatable bonds is 8. The van der Waals surface area contributed by atoms with Crippen molar-refractivity contribution in [3.63, 3.8) is 0 Å². The molecule has 10 heteroatoms. The summed E-state index contributed by atoms with van der Waals surface area (Å²) in [4.78, 5) is 20.3. The predicted molar refractivity (Wildman–Crippen MR) is 154 cm³/mol. The van der Waals surface area contributed by atoms with Gasteiger partial charge in [0.05, 0.1) is 30.0 Å². The van der Waals surface area contributed by atoms with Crippen molar-refractivity contribution in [1.82, 2.24) is 34.6 Å². The number of hydrogen-bond acceptors (Lipinski definition) is 7. The van der Waals surface area contributed by atoms with Crippen molar-refractivity contribution < 1.29 is 9.53 Å². The van der Waals surface area contributed by atoms with E-state index in [1.807, 2.05) is 12.1 Å². The van der Waals surface area contributed by atoms with E-state index in [1.165, 1.54) is 38.5 Å². The normalized spacial score (nSPS) is 22.2. The zero-order valence-corrected chi connectivity index (χ0v) is 23.1. The molecule has 3 fully saturated rings. The third kappa shape index (κ3) is 5.17. The lowest BCUT2D eigenvalue weighted by Crippen LogP contribution is -2.47. The van der Waals surface area contributed by atoms with E-state index in [-0.39, 0.29) is 5.91 Å². The molecular weight excluding hydrogens is 504 g/mol. The van der Waals surface area contributed by atoms with E-state index in [0.29, 0.717) is 53.3 Å². The van der Waals surface area contributed by atoms with Crippen LogP contribution in [0.2, 0.25) is 0 Å². The molecule has 4 heterocycles. The molecule has 10 nitrogen and oxygen atoms in total. The zero-order valence-electron chi connectivity index (χ0n) is 23.1.